The van der Waals surface area contributed by atoms with Gasteiger partial charge in [0.15, 0.2) is 0 Å². The highest BCUT2D eigenvalue weighted by atomic mass is 32.1. The van der Waals surface area contributed by atoms with Crippen molar-refractivity contribution in [2.45, 2.75) is 50.6 Å². The van der Waals surface area contributed by atoms with Crippen LogP contribution >= 0.6 is 11.3 Å². The van der Waals surface area contributed by atoms with Gasteiger partial charge in [0, 0.05) is 36.6 Å². The van der Waals surface area contributed by atoms with Crippen molar-refractivity contribution in [3.05, 3.63) is 16.6 Å². The van der Waals surface area contributed by atoms with E-state index in [-0.39, 0.29) is 6.04 Å². The van der Waals surface area contributed by atoms with Crippen molar-refractivity contribution in [1.82, 2.24) is 15.2 Å². The Morgan fingerprint density at radius 1 is 1.53 bits per heavy atom. The normalized spacial score (nSPS) is 25.6. The minimum atomic E-state index is 0.0599. The number of rotatable bonds is 5. The van der Waals surface area contributed by atoms with Crippen molar-refractivity contribution in [1.29, 1.82) is 0 Å². The lowest BCUT2D eigenvalue weighted by Gasteiger charge is -2.34. The maximum Gasteiger partial charge on any atom is 0.239 e. The quantitative estimate of drug-likeness (QED) is 0.896. The lowest BCUT2D eigenvalue weighted by Crippen LogP contribution is -2.52. The SMILES string of the molecule is CC(CN1CCCC(NC2CC2)C1=O)c1nccs1. The summed E-state index contributed by atoms with van der Waals surface area (Å²) in [6.07, 6.45) is 6.42. The van der Waals surface area contributed by atoms with Crippen LogP contribution in [0.5, 0.6) is 0 Å². The first-order chi connectivity index (χ1) is 9.24. The number of carbonyl (C=O) groups excluding carboxylic acids is 1. The Balaban J connectivity index is 1.58. The molecule has 1 aromatic heterocycles. The molecule has 1 aromatic rings. The largest absolute Gasteiger partial charge is 0.341 e. The molecule has 0 aromatic carbocycles. The fourth-order valence-corrected chi connectivity index (χ4v) is 3.39. The van der Waals surface area contributed by atoms with E-state index in [0.717, 1.165) is 30.9 Å². The van der Waals surface area contributed by atoms with Crippen molar-refractivity contribution in [3.8, 4) is 0 Å². The van der Waals surface area contributed by atoms with E-state index in [1.165, 1.54) is 12.8 Å². The van der Waals surface area contributed by atoms with Gasteiger partial charge in [-0.1, -0.05) is 6.92 Å². The predicted molar refractivity (Wildman–Crippen MR) is 76.3 cm³/mol. The molecule has 2 atom stereocenters. The maximum atomic E-state index is 12.4. The van der Waals surface area contributed by atoms with E-state index >= 15 is 0 Å². The van der Waals surface area contributed by atoms with E-state index < -0.39 is 0 Å². The van der Waals surface area contributed by atoms with Gasteiger partial charge in [0.1, 0.15) is 0 Å². The first-order valence-corrected chi connectivity index (χ1v) is 8.06. The third-order valence-electron chi connectivity index (χ3n) is 3.91. The van der Waals surface area contributed by atoms with Crippen LogP contribution in [0.15, 0.2) is 11.6 Å². The molecule has 0 spiro atoms. The molecule has 0 bridgehead atoms. The fraction of sp³-hybridized carbons (Fsp3) is 0.714. The van der Waals surface area contributed by atoms with Gasteiger partial charge in [-0.3, -0.25) is 4.79 Å². The lowest BCUT2D eigenvalue weighted by molar-refractivity contribution is -0.136. The van der Waals surface area contributed by atoms with E-state index in [2.05, 4.69) is 17.2 Å². The molecule has 1 amide bonds. The fourth-order valence-electron chi connectivity index (χ4n) is 2.70. The number of hydrogen-bond acceptors (Lipinski definition) is 4. The minimum absolute atomic E-state index is 0.0599. The van der Waals surface area contributed by atoms with E-state index in [9.17, 15) is 4.79 Å². The van der Waals surface area contributed by atoms with Gasteiger partial charge in [0.25, 0.3) is 0 Å². The van der Waals surface area contributed by atoms with Crippen LogP contribution in [0.25, 0.3) is 0 Å². The third-order valence-corrected chi connectivity index (χ3v) is 4.92. The van der Waals surface area contributed by atoms with Crippen LogP contribution in [0.4, 0.5) is 0 Å². The Morgan fingerprint density at radius 3 is 3.05 bits per heavy atom. The highest BCUT2D eigenvalue weighted by Gasteiger charge is 2.33. The van der Waals surface area contributed by atoms with Gasteiger partial charge in [0.2, 0.25) is 5.91 Å². The van der Waals surface area contributed by atoms with Gasteiger partial charge in [-0.25, -0.2) is 4.98 Å². The summed E-state index contributed by atoms with van der Waals surface area (Å²) >= 11 is 1.68. The number of piperidine rings is 1. The number of likely N-dealkylation sites (tertiary alicyclic amines) is 1. The maximum absolute atomic E-state index is 12.4. The molecular weight excluding hydrogens is 258 g/mol. The van der Waals surface area contributed by atoms with Crippen LogP contribution in [0.2, 0.25) is 0 Å². The smallest absolute Gasteiger partial charge is 0.239 e. The Bertz CT molecular complexity index is 430. The van der Waals surface area contributed by atoms with Crippen LogP contribution in [-0.2, 0) is 4.79 Å². The van der Waals surface area contributed by atoms with E-state index in [1.54, 1.807) is 11.3 Å². The number of aromatic nitrogens is 1. The van der Waals surface area contributed by atoms with Crippen LogP contribution in [0, 0.1) is 0 Å². The molecule has 1 saturated heterocycles. The molecule has 4 nitrogen and oxygen atoms in total. The summed E-state index contributed by atoms with van der Waals surface area (Å²) in [5.41, 5.74) is 0. The second kappa shape index (κ2) is 5.59. The summed E-state index contributed by atoms with van der Waals surface area (Å²) in [6.45, 7) is 3.86. The molecular formula is C14H21N3OS. The zero-order chi connectivity index (χ0) is 13.2. The van der Waals surface area contributed by atoms with Crippen molar-refractivity contribution < 1.29 is 4.79 Å². The van der Waals surface area contributed by atoms with Gasteiger partial charge in [-0.2, -0.15) is 0 Å². The zero-order valence-corrected chi connectivity index (χ0v) is 12.2. The predicted octanol–water partition coefficient (Wildman–Crippen LogP) is 1.99. The summed E-state index contributed by atoms with van der Waals surface area (Å²) in [5.74, 6) is 0.630. The average Bonchev–Trinajstić information content (AvgIpc) is 3.05. The molecule has 2 unspecified atom stereocenters. The molecule has 19 heavy (non-hydrogen) atoms. The van der Waals surface area contributed by atoms with Gasteiger partial charge in [-0.05, 0) is 25.7 Å². The van der Waals surface area contributed by atoms with E-state index in [4.69, 9.17) is 0 Å². The second-order valence-electron chi connectivity index (χ2n) is 5.69. The molecule has 2 aliphatic rings. The monoisotopic (exact) mass is 279 g/mol. The summed E-state index contributed by atoms with van der Waals surface area (Å²) in [4.78, 5) is 18.8. The van der Waals surface area contributed by atoms with E-state index in [0.29, 0.717) is 17.9 Å². The summed E-state index contributed by atoms with van der Waals surface area (Å²) in [6, 6.07) is 0.662. The standard InChI is InChI=1S/C14H21N3OS/c1-10(13-15-6-8-19-13)9-17-7-2-3-12(14(17)18)16-11-4-5-11/h6,8,10-12,16H,2-5,7,9H2,1H3. The first-order valence-electron chi connectivity index (χ1n) is 7.18. The van der Waals surface area contributed by atoms with Crippen molar-refractivity contribution in [2.24, 2.45) is 0 Å². The Hall–Kier alpha value is -0.940. The number of amides is 1. The Morgan fingerprint density at radius 2 is 2.37 bits per heavy atom. The average molecular weight is 279 g/mol. The van der Waals surface area contributed by atoms with Crippen LogP contribution in [0.3, 0.4) is 0 Å². The lowest BCUT2D eigenvalue weighted by atomic mass is 10.0. The molecule has 1 N–H and O–H groups in total. The van der Waals surface area contributed by atoms with E-state index in [1.807, 2.05) is 16.5 Å². The molecule has 1 aliphatic heterocycles. The number of thiazole rings is 1. The molecule has 1 aliphatic carbocycles. The summed E-state index contributed by atoms with van der Waals surface area (Å²) in [5, 5.41) is 6.61. The van der Waals surface area contributed by atoms with Crippen LogP contribution in [-0.4, -0.2) is 41.0 Å². The summed E-state index contributed by atoms with van der Waals surface area (Å²) < 4.78 is 0. The topological polar surface area (TPSA) is 45.2 Å². The second-order valence-corrected chi connectivity index (χ2v) is 6.62. The van der Waals surface area contributed by atoms with Gasteiger partial charge in [0.05, 0.1) is 11.0 Å². The first kappa shape index (κ1) is 13.1. The molecule has 2 heterocycles. The van der Waals surface area contributed by atoms with Gasteiger partial charge in [-0.15, -0.1) is 11.3 Å². The Labute approximate surface area is 118 Å². The van der Waals surface area contributed by atoms with Gasteiger partial charge >= 0.3 is 0 Å². The molecule has 104 valence electrons. The third kappa shape index (κ3) is 3.15. The highest BCUT2D eigenvalue weighted by Crippen LogP contribution is 2.24. The molecule has 0 radical (unpaired) electrons. The highest BCUT2D eigenvalue weighted by molar-refractivity contribution is 7.09. The Kier molecular flexibility index (Phi) is 3.84. The van der Waals surface area contributed by atoms with Gasteiger partial charge < -0.3 is 10.2 Å². The molecule has 1 saturated carbocycles. The number of nitrogens with zero attached hydrogens (tertiary/aromatic N) is 2. The zero-order valence-electron chi connectivity index (χ0n) is 11.3. The van der Waals surface area contributed by atoms with Crippen LogP contribution in [0.1, 0.15) is 43.5 Å². The van der Waals surface area contributed by atoms with Crippen molar-refractivity contribution >= 4 is 17.2 Å². The van der Waals surface area contributed by atoms with Crippen molar-refractivity contribution in [3.63, 3.8) is 0 Å². The number of hydrogen-bond donors (Lipinski definition) is 1. The summed E-state index contributed by atoms with van der Waals surface area (Å²) in [7, 11) is 0. The minimum Gasteiger partial charge on any atom is -0.341 e. The number of nitrogens with one attached hydrogen (secondary N) is 1. The number of carbonyl (C=O) groups is 1. The molecule has 5 heteroatoms. The van der Waals surface area contributed by atoms with Crippen LogP contribution < -0.4 is 5.32 Å². The van der Waals surface area contributed by atoms with Crippen molar-refractivity contribution in [2.75, 3.05) is 13.1 Å². The molecule has 3 rings (SSSR count). The molecule has 2 fully saturated rings.